The van der Waals surface area contributed by atoms with Gasteiger partial charge in [0.05, 0.1) is 16.2 Å². The first-order chi connectivity index (χ1) is 16.6. The number of para-hydroxylation sites is 1. The second kappa shape index (κ2) is 8.93. The topological polar surface area (TPSA) is 129 Å². The van der Waals surface area contributed by atoms with Crippen LogP contribution >= 0.6 is 0 Å². The van der Waals surface area contributed by atoms with Gasteiger partial charge in [0, 0.05) is 23.0 Å². The highest BCUT2D eigenvalue weighted by molar-refractivity contribution is 6.24. The molecule has 1 aromatic heterocycles. The molecular formula is C24H18FN3O7. The highest BCUT2D eigenvalue weighted by Crippen LogP contribution is 2.30. The number of Topliss-reactive ketones (excluding diaryl/α,β-unsaturated/α-hetero) is 1. The maximum Gasteiger partial charge on any atom is 0.326 e. The Labute approximate surface area is 197 Å². The predicted octanol–water partition coefficient (Wildman–Crippen LogP) is 3.16. The number of halogens is 1. The Kier molecular flexibility index (Phi) is 6.00. The Bertz CT molecular complexity index is 1430. The molecule has 3 aromatic rings. The number of benzene rings is 2. The molecule has 0 fully saturated rings. The molecule has 10 nitrogen and oxygen atoms in total. The fourth-order valence-electron chi connectivity index (χ4n) is 4.06. The Morgan fingerprint density at radius 3 is 2.46 bits per heavy atom. The number of hydrogen-bond acceptors (Lipinski definition) is 7. The molecule has 2 aromatic carbocycles. The lowest BCUT2D eigenvalue weighted by Gasteiger charge is -2.13. The molecular weight excluding hydrogens is 461 g/mol. The molecule has 0 radical (unpaired) electrons. The molecule has 0 bridgehead atoms. The molecule has 178 valence electrons. The molecule has 4 rings (SSSR count). The van der Waals surface area contributed by atoms with E-state index in [4.69, 9.17) is 4.74 Å². The van der Waals surface area contributed by atoms with Crippen LogP contribution in [-0.2, 0) is 9.53 Å². The van der Waals surface area contributed by atoms with Gasteiger partial charge in [0.25, 0.3) is 17.5 Å². The van der Waals surface area contributed by atoms with Crippen LogP contribution in [0.3, 0.4) is 0 Å². The van der Waals surface area contributed by atoms with Gasteiger partial charge in [-0.15, -0.1) is 0 Å². The number of amides is 2. The normalized spacial score (nSPS) is 12.6. The monoisotopic (exact) mass is 479 g/mol. The first-order valence-corrected chi connectivity index (χ1v) is 10.4. The molecule has 1 aliphatic heterocycles. The lowest BCUT2D eigenvalue weighted by molar-refractivity contribution is -0.385. The number of carbonyl (C=O) groups is 4. The van der Waals surface area contributed by atoms with Crippen molar-refractivity contribution in [2.45, 2.75) is 13.8 Å². The van der Waals surface area contributed by atoms with Gasteiger partial charge < -0.3 is 9.30 Å². The predicted molar refractivity (Wildman–Crippen MR) is 119 cm³/mol. The quantitative estimate of drug-likeness (QED) is 0.167. The zero-order valence-corrected chi connectivity index (χ0v) is 18.6. The molecule has 0 aliphatic carbocycles. The summed E-state index contributed by atoms with van der Waals surface area (Å²) in [5, 5.41) is 11.2. The maximum absolute atomic E-state index is 14.3. The number of carbonyl (C=O) groups excluding carboxylic acids is 4. The average molecular weight is 479 g/mol. The fraction of sp³-hybridized carbons (Fsp3) is 0.167. The minimum atomic E-state index is -1.04. The molecule has 11 heteroatoms. The number of ether oxygens (including phenoxy) is 1. The van der Waals surface area contributed by atoms with Crippen molar-refractivity contribution in [3.8, 4) is 5.69 Å². The van der Waals surface area contributed by atoms with E-state index in [2.05, 4.69) is 0 Å². The van der Waals surface area contributed by atoms with Crippen molar-refractivity contribution in [2.24, 2.45) is 0 Å². The molecule has 0 saturated carbocycles. The van der Waals surface area contributed by atoms with E-state index in [-0.39, 0.29) is 16.8 Å². The average Bonchev–Trinajstić information content (AvgIpc) is 3.25. The van der Waals surface area contributed by atoms with Crippen LogP contribution in [0.1, 0.15) is 42.5 Å². The van der Waals surface area contributed by atoms with E-state index in [9.17, 15) is 33.7 Å². The van der Waals surface area contributed by atoms with Crippen molar-refractivity contribution in [1.29, 1.82) is 0 Å². The van der Waals surface area contributed by atoms with E-state index in [1.54, 1.807) is 42.7 Å². The maximum atomic E-state index is 14.3. The van der Waals surface area contributed by atoms with Gasteiger partial charge in [-0.25, -0.2) is 4.39 Å². The van der Waals surface area contributed by atoms with E-state index in [0.29, 0.717) is 16.3 Å². The van der Waals surface area contributed by atoms with Crippen LogP contribution in [0.2, 0.25) is 0 Å². The summed E-state index contributed by atoms with van der Waals surface area (Å²) in [7, 11) is 0. The summed E-state index contributed by atoms with van der Waals surface area (Å²) >= 11 is 0. The highest BCUT2D eigenvalue weighted by atomic mass is 19.1. The van der Waals surface area contributed by atoms with Crippen LogP contribution in [-0.4, -0.2) is 51.1 Å². The third-order valence-corrected chi connectivity index (χ3v) is 5.65. The molecule has 2 amide bonds. The summed E-state index contributed by atoms with van der Waals surface area (Å²) in [4.78, 5) is 61.0. The van der Waals surface area contributed by atoms with Crippen molar-refractivity contribution in [1.82, 2.24) is 9.47 Å². The van der Waals surface area contributed by atoms with Crippen molar-refractivity contribution in [3.05, 3.63) is 92.5 Å². The molecule has 0 spiro atoms. The number of aromatic nitrogens is 1. The molecule has 2 heterocycles. The van der Waals surface area contributed by atoms with Crippen LogP contribution < -0.4 is 0 Å². The van der Waals surface area contributed by atoms with Gasteiger partial charge in [-0.2, -0.15) is 0 Å². The fourth-order valence-corrected chi connectivity index (χ4v) is 4.06. The number of esters is 1. The number of nitrogens with zero attached hydrogens (tertiary/aromatic N) is 3. The highest BCUT2D eigenvalue weighted by Gasteiger charge is 2.42. The second-order valence-corrected chi connectivity index (χ2v) is 7.81. The van der Waals surface area contributed by atoms with Crippen LogP contribution in [0.25, 0.3) is 5.69 Å². The van der Waals surface area contributed by atoms with Crippen LogP contribution in [0.5, 0.6) is 0 Å². The van der Waals surface area contributed by atoms with E-state index < -0.39 is 58.7 Å². The minimum Gasteiger partial charge on any atom is -0.456 e. The van der Waals surface area contributed by atoms with Gasteiger partial charge in [0.1, 0.15) is 17.9 Å². The first kappa shape index (κ1) is 23.5. The standard InChI is InChI=1S/C24H18FN3O7/c1-13-10-16(14(2)27(13)18-8-4-3-7-17(18)25)20(29)12-35-21(30)11-26-23(31)15-6-5-9-19(28(33)34)22(15)24(26)32/h3-10H,11-12H2,1-2H3. The lowest BCUT2D eigenvalue weighted by atomic mass is 10.1. The summed E-state index contributed by atoms with van der Waals surface area (Å²) < 4.78 is 20.8. The third kappa shape index (κ3) is 4.07. The second-order valence-electron chi connectivity index (χ2n) is 7.81. The zero-order chi connectivity index (χ0) is 25.4. The van der Waals surface area contributed by atoms with E-state index in [1.807, 2.05) is 0 Å². The number of nitro groups is 1. The van der Waals surface area contributed by atoms with Gasteiger partial charge in [-0.3, -0.25) is 34.2 Å². The van der Waals surface area contributed by atoms with Gasteiger partial charge in [0.15, 0.2) is 6.61 Å². The Hall–Kier alpha value is -4.67. The van der Waals surface area contributed by atoms with Crippen molar-refractivity contribution in [2.75, 3.05) is 13.2 Å². The van der Waals surface area contributed by atoms with Gasteiger partial charge in [-0.05, 0) is 38.1 Å². The lowest BCUT2D eigenvalue weighted by Crippen LogP contribution is -2.36. The smallest absolute Gasteiger partial charge is 0.326 e. The van der Waals surface area contributed by atoms with Crippen LogP contribution in [0.4, 0.5) is 10.1 Å². The summed E-state index contributed by atoms with van der Waals surface area (Å²) in [6, 6.07) is 11.2. The van der Waals surface area contributed by atoms with Crippen LogP contribution in [0, 0.1) is 29.8 Å². The number of imide groups is 1. The summed E-state index contributed by atoms with van der Waals surface area (Å²) in [5.74, 6) is -3.94. The first-order valence-electron chi connectivity index (χ1n) is 10.4. The number of hydrogen-bond donors (Lipinski definition) is 0. The van der Waals surface area contributed by atoms with E-state index in [0.717, 1.165) is 6.07 Å². The van der Waals surface area contributed by atoms with Gasteiger partial charge in [-0.1, -0.05) is 18.2 Å². The molecule has 0 unspecified atom stereocenters. The summed E-state index contributed by atoms with van der Waals surface area (Å²) in [6.45, 7) is 1.83. The largest absolute Gasteiger partial charge is 0.456 e. The molecule has 35 heavy (non-hydrogen) atoms. The minimum absolute atomic E-state index is 0.186. The SMILES string of the molecule is Cc1cc(C(=O)COC(=O)CN2C(=O)c3cccc([N+](=O)[O-])c3C2=O)c(C)n1-c1ccccc1F. The summed E-state index contributed by atoms with van der Waals surface area (Å²) in [6.07, 6.45) is 0. The molecule has 0 N–H and O–H groups in total. The number of rotatable bonds is 7. The number of nitro benzene ring substituents is 1. The number of ketones is 1. The van der Waals surface area contributed by atoms with Crippen molar-refractivity contribution >= 4 is 29.3 Å². The van der Waals surface area contributed by atoms with Crippen LogP contribution in [0.15, 0.2) is 48.5 Å². The Morgan fingerprint density at radius 1 is 1.06 bits per heavy atom. The number of fused-ring (bicyclic) bond motifs is 1. The Balaban J connectivity index is 1.45. The Morgan fingerprint density at radius 2 is 1.77 bits per heavy atom. The third-order valence-electron chi connectivity index (χ3n) is 5.65. The van der Waals surface area contributed by atoms with Gasteiger partial charge in [0.2, 0.25) is 5.78 Å². The summed E-state index contributed by atoms with van der Waals surface area (Å²) in [5.41, 5.74) is 0.391. The molecule has 0 atom stereocenters. The zero-order valence-electron chi connectivity index (χ0n) is 18.6. The van der Waals surface area contributed by atoms with E-state index in [1.165, 1.54) is 18.2 Å². The molecule has 0 saturated heterocycles. The van der Waals surface area contributed by atoms with Gasteiger partial charge >= 0.3 is 5.97 Å². The van der Waals surface area contributed by atoms with Crippen molar-refractivity contribution < 1.29 is 33.2 Å². The molecule has 1 aliphatic rings. The van der Waals surface area contributed by atoms with Crippen molar-refractivity contribution in [3.63, 3.8) is 0 Å². The van der Waals surface area contributed by atoms with E-state index >= 15 is 0 Å². The number of aryl methyl sites for hydroxylation is 1.